The van der Waals surface area contributed by atoms with Crippen molar-refractivity contribution in [2.24, 2.45) is 39.4 Å². The van der Waals surface area contributed by atoms with Crippen LogP contribution in [0.15, 0.2) is 151 Å². The molecule has 9 rings (SSSR count). The number of benzene rings is 6. The van der Waals surface area contributed by atoms with Crippen LogP contribution in [0, 0.1) is 0 Å². The van der Waals surface area contributed by atoms with Crippen molar-refractivity contribution in [3.63, 3.8) is 0 Å². The van der Waals surface area contributed by atoms with Crippen molar-refractivity contribution in [3.8, 4) is 33.4 Å². The fraction of sp³-hybridized carbons (Fsp3) is 0.274. The number of fused-ring (bicyclic) bond motifs is 9. The Morgan fingerprint density at radius 1 is 0.523 bits per heavy atom. The van der Waals surface area contributed by atoms with E-state index in [1.165, 1.54) is 51.6 Å². The molecule has 24 heteroatoms. The third-order valence-electron chi connectivity index (χ3n) is 13.5. The minimum Gasteiger partial charge on any atom is -0.480 e. The minimum atomic E-state index is -1.15. The lowest BCUT2D eigenvalue weighted by Gasteiger charge is -2.16. The second-order valence-corrected chi connectivity index (χ2v) is 19.2. The van der Waals surface area contributed by atoms with Gasteiger partial charge in [0.1, 0.15) is 45.6 Å². The summed E-state index contributed by atoms with van der Waals surface area (Å²) in [6.45, 7) is -1.02. The zero-order chi connectivity index (χ0) is 62.7. The lowest BCUT2D eigenvalue weighted by Crippen LogP contribution is -2.50. The van der Waals surface area contributed by atoms with Crippen LogP contribution >= 0.6 is 0 Å². The van der Waals surface area contributed by atoms with Crippen molar-refractivity contribution in [1.82, 2.24) is 16.0 Å². The maximum Gasteiger partial charge on any atom is 0.407 e. The van der Waals surface area contributed by atoms with Gasteiger partial charge in [-0.15, -0.1) is 0 Å². The van der Waals surface area contributed by atoms with Gasteiger partial charge in [-0.1, -0.05) is 146 Å². The molecule has 2 unspecified atom stereocenters. The largest absolute Gasteiger partial charge is 0.480 e. The number of alkyl carbamates (subject to hydrolysis) is 1. The van der Waals surface area contributed by atoms with Crippen LogP contribution in [0.3, 0.4) is 0 Å². The predicted octanol–water partition coefficient (Wildman–Crippen LogP) is 2.18. The Hall–Kier alpha value is -10.0. The molecule has 0 spiro atoms. The summed E-state index contributed by atoms with van der Waals surface area (Å²) in [7, 11) is 1.50. The SMILES string of the molecule is CN.NC(=O)CC(N)C(=O)NCC(=O)NC(CCCN=C(N)N)C(N)=O.O=C(CO)OCC1c2ccccc2-c2ccccc21.O=C(CO)OCC1c2ccccc2-c2ccccc21.O=C(O)CNC(=O)OCC1c2ccccc2-c2ccccc21. The molecule has 2 atom stereocenters. The maximum atomic E-state index is 11.7. The number of carboxylic acid groups (broad SMARTS) is 1. The number of hydrogen-bond acceptors (Lipinski definition) is 16. The van der Waals surface area contributed by atoms with E-state index in [4.69, 9.17) is 58.2 Å². The molecule has 0 fully saturated rings. The predicted molar refractivity (Wildman–Crippen MR) is 320 cm³/mol. The Morgan fingerprint density at radius 2 is 0.872 bits per heavy atom. The highest BCUT2D eigenvalue weighted by Gasteiger charge is 2.32. The van der Waals surface area contributed by atoms with E-state index in [0.29, 0.717) is 6.42 Å². The Bertz CT molecular complexity index is 3110. The second-order valence-electron chi connectivity index (χ2n) is 19.2. The molecule has 454 valence electrons. The molecule has 6 aromatic carbocycles. The van der Waals surface area contributed by atoms with E-state index >= 15 is 0 Å². The van der Waals surface area contributed by atoms with E-state index < -0.39 is 86.0 Å². The van der Waals surface area contributed by atoms with Gasteiger partial charge in [-0.2, -0.15) is 0 Å². The number of nitrogens with two attached hydrogens (primary N) is 6. The van der Waals surface area contributed by atoms with Gasteiger partial charge in [0.25, 0.3) is 0 Å². The number of nitrogens with one attached hydrogen (secondary N) is 3. The number of aliphatic imine (C=N–C) groups is 1. The van der Waals surface area contributed by atoms with Crippen LogP contribution in [0.5, 0.6) is 0 Å². The fourth-order valence-electron chi connectivity index (χ4n) is 9.76. The van der Waals surface area contributed by atoms with Gasteiger partial charge in [0.05, 0.1) is 19.0 Å². The molecule has 0 saturated heterocycles. The zero-order valence-corrected chi connectivity index (χ0v) is 47.3. The fourth-order valence-corrected chi connectivity index (χ4v) is 9.76. The van der Waals surface area contributed by atoms with Crippen molar-refractivity contribution in [3.05, 3.63) is 179 Å². The molecule has 0 heterocycles. The number of amides is 5. The van der Waals surface area contributed by atoms with E-state index in [1.807, 2.05) is 84.9 Å². The molecule has 3 aliphatic rings. The van der Waals surface area contributed by atoms with Gasteiger partial charge in [0.15, 0.2) is 5.96 Å². The van der Waals surface area contributed by atoms with Crippen molar-refractivity contribution in [1.29, 1.82) is 0 Å². The summed E-state index contributed by atoms with van der Waals surface area (Å²) >= 11 is 0. The third kappa shape index (κ3) is 19.0. The lowest BCUT2D eigenvalue weighted by atomic mass is 9.98. The average molecular weight is 1180 g/mol. The molecule has 0 radical (unpaired) electrons. The first-order chi connectivity index (χ1) is 41.4. The highest BCUT2D eigenvalue weighted by molar-refractivity contribution is 5.92. The highest BCUT2D eigenvalue weighted by Crippen LogP contribution is 2.47. The van der Waals surface area contributed by atoms with Crippen molar-refractivity contribution < 1.29 is 67.9 Å². The number of carbonyl (C=O) groups excluding carboxylic acids is 7. The maximum absolute atomic E-state index is 11.7. The van der Waals surface area contributed by atoms with Gasteiger partial charge in [-0.25, -0.2) is 14.4 Å². The molecular formula is C62H72N10O14. The van der Waals surface area contributed by atoms with Gasteiger partial charge in [-0.05, 0) is 86.7 Å². The number of primary amides is 2. The molecule has 86 heavy (non-hydrogen) atoms. The number of aliphatic hydroxyl groups is 2. The van der Waals surface area contributed by atoms with Crippen molar-refractivity contribution in [2.45, 2.75) is 49.1 Å². The number of carboxylic acids is 1. The summed E-state index contributed by atoms with van der Waals surface area (Å²) in [6.07, 6.45) is -0.416. The Kier molecular flexibility index (Phi) is 26.4. The summed E-state index contributed by atoms with van der Waals surface area (Å²) in [5.41, 5.74) is 44.4. The third-order valence-corrected chi connectivity index (χ3v) is 13.5. The van der Waals surface area contributed by atoms with Crippen molar-refractivity contribution >= 4 is 53.6 Å². The van der Waals surface area contributed by atoms with Crippen LogP contribution < -0.4 is 50.4 Å². The summed E-state index contributed by atoms with van der Waals surface area (Å²) < 4.78 is 15.4. The number of rotatable bonds is 21. The molecule has 5 amide bonds. The molecule has 18 N–H and O–H groups in total. The number of hydrogen-bond donors (Lipinski definition) is 12. The first-order valence-corrected chi connectivity index (χ1v) is 27.2. The number of guanidine groups is 1. The van der Waals surface area contributed by atoms with E-state index in [-0.39, 0.29) is 62.9 Å². The second kappa shape index (κ2) is 33.9. The number of aliphatic hydroxyl groups excluding tert-OH is 2. The quantitative estimate of drug-likeness (QED) is 0.0161. The summed E-state index contributed by atoms with van der Waals surface area (Å²) in [5, 5.41) is 32.8. The standard InChI is InChI=1S/C17H15NO4.2C16H14O3.C12H24N8O4.CH5N/c19-16(20)9-18-17(21)22-10-15-13-7-3-1-5-11(13)12-6-2-4-8-14(12)15;2*17-9-16(18)19-10-15-13-7-3-1-5-11(13)12-6-2-4-8-14(12)15;13-6(4-8(14)21)11(24)19-5-9(22)20-7(10(15)23)2-1-3-18-12(16)17;1-2/h1-8,15H,9-10H2,(H,18,21)(H,19,20);2*1-8,15,17H,9-10H2;6-7H,1-5,13H2,(H2,14,21)(H2,15,23)(H,19,24)(H,20,22)(H4,16,17,18);2H2,1H3. The number of aliphatic carboxylic acids is 1. The molecule has 0 aromatic heterocycles. The average Bonchev–Trinajstić information content (AvgIpc) is 1.86. The van der Waals surface area contributed by atoms with Gasteiger partial charge < -0.3 is 79.9 Å². The van der Waals surface area contributed by atoms with Crippen LogP contribution in [-0.2, 0) is 47.8 Å². The summed E-state index contributed by atoms with van der Waals surface area (Å²) in [4.78, 5) is 93.1. The molecule has 0 aliphatic heterocycles. The number of ether oxygens (including phenoxy) is 3. The van der Waals surface area contributed by atoms with Crippen LogP contribution in [-0.4, -0.2) is 141 Å². The molecular weight excluding hydrogens is 1110 g/mol. The Balaban J connectivity index is 0.000000208. The normalized spacial score (nSPS) is 12.4. The number of nitrogens with zero attached hydrogens (tertiary/aromatic N) is 1. The first kappa shape index (κ1) is 66.8. The molecule has 0 saturated carbocycles. The molecule has 6 aromatic rings. The van der Waals surface area contributed by atoms with Crippen molar-refractivity contribution in [2.75, 3.05) is 59.7 Å². The smallest absolute Gasteiger partial charge is 0.407 e. The van der Waals surface area contributed by atoms with E-state index in [9.17, 15) is 38.4 Å². The van der Waals surface area contributed by atoms with Gasteiger partial charge in [0, 0.05) is 24.3 Å². The lowest BCUT2D eigenvalue weighted by molar-refractivity contribution is -0.147. The minimum absolute atomic E-state index is 0.0250. The van der Waals surface area contributed by atoms with Gasteiger partial charge >= 0.3 is 24.0 Å². The monoisotopic (exact) mass is 1180 g/mol. The van der Waals surface area contributed by atoms with Gasteiger partial charge in [-0.3, -0.25) is 29.0 Å². The van der Waals surface area contributed by atoms with E-state index in [0.717, 1.165) is 22.3 Å². The van der Waals surface area contributed by atoms with Crippen LogP contribution in [0.1, 0.15) is 70.4 Å². The number of carbonyl (C=O) groups is 8. The molecule has 24 nitrogen and oxygen atoms in total. The summed E-state index contributed by atoms with van der Waals surface area (Å²) in [6, 6.07) is 46.6. The topological polar surface area (TPSA) is 430 Å². The van der Waals surface area contributed by atoms with E-state index in [2.05, 4.69) is 87.3 Å². The van der Waals surface area contributed by atoms with Crippen LogP contribution in [0.4, 0.5) is 4.79 Å². The zero-order valence-electron chi connectivity index (χ0n) is 47.3. The Labute approximate surface area is 496 Å². The number of esters is 2. The van der Waals surface area contributed by atoms with Gasteiger partial charge in [0.2, 0.25) is 23.6 Å². The van der Waals surface area contributed by atoms with E-state index in [1.54, 1.807) is 0 Å². The summed E-state index contributed by atoms with van der Waals surface area (Å²) in [5.74, 6) is -5.08. The van der Waals surface area contributed by atoms with Crippen LogP contribution in [0.2, 0.25) is 0 Å². The van der Waals surface area contributed by atoms with Crippen LogP contribution in [0.25, 0.3) is 33.4 Å². The first-order valence-electron chi connectivity index (χ1n) is 27.2. The molecule has 3 aliphatic carbocycles. The Morgan fingerprint density at radius 3 is 1.19 bits per heavy atom. The highest BCUT2D eigenvalue weighted by atomic mass is 16.6. The molecule has 0 bridgehead atoms.